The van der Waals surface area contributed by atoms with Crippen LogP contribution < -0.4 is 21.7 Å². The van der Waals surface area contributed by atoms with Crippen LogP contribution in [-0.2, 0) is 41.7 Å². The van der Waals surface area contributed by atoms with Crippen LogP contribution in [0.4, 0.5) is 4.79 Å². The van der Waals surface area contributed by atoms with Crippen molar-refractivity contribution in [3.05, 3.63) is 83.9 Å². The van der Waals surface area contributed by atoms with E-state index in [1.54, 1.807) is 20.8 Å². The Kier molecular flexibility index (Phi) is 14.3. The molecule has 0 spiro atoms. The Morgan fingerprint density at radius 3 is 2.02 bits per heavy atom. The van der Waals surface area contributed by atoms with E-state index < -0.39 is 47.9 Å². The second-order valence-electron chi connectivity index (χ2n) is 9.91. The lowest BCUT2D eigenvalue weighted by Gasteiger charge is -2.26. The number of rotatable bonds is 16. The summed E-state index contributed by atoms with van der Waals surface area (Å²) >= 11 is 0. The van der Waals surface area contributed by atoms with Crippen molar-refractivity contribution in [2.45, 2.75) is 64.8 Å². The van der Waals surface area contributed by atoms with Crippen LogP contribution in [0.2, 0.25) is 0 Å². The van der Waals surface area contributed by atoms with Crippen molar-refractivity contribution in [1.82, 2.24) is 16.0 Å². The van der Waals surface area contributed by atoms with Gasteiger partial charge in [0.1, 0.15) is 18.7 Å². The molecule has 42 heavy (non-hydrogen) atoms. The Balaban J connectivity index is 2.18. The minimum absolute atomic E-state index is 0.0319. The maximum absolute atomic E-state index is 13.5. The molecule has 11 heteroatoms. The Morgan fingerprint density at radius 1 is 0.833 bits per heavy atom. The van der Waals surface area contributed by atoms with E-state index >= 15 is 0 Å². The second-order valence-corrected chi connectivity index (χ2v) is 9.91. The summed E-state index contributed by atoms with van der Waals surface area (Å²) in [6.45, 7) is 5.39. The molecule has 0 heterocycles. The molecule has 0 saturated heterocycles. The molecule has 0 aliphatic carbocycles. The third-order valence-corrected chi connectivity index (χ3v) is 6.13. The second kappa shape index (κ2) is 17.9. The Morgan fingerprint density at radius 2 is 1.45 bits per heavy atom. The summed E-state index contributed by atoms with van der Waals surface area (Å²) in [5, 5.41) is 8.12. The van der Waals surface area contributed by atoms with Crippen LogP contribution >= 0.6 is 0 Å². The molecule has 2 aromatic carbocycles. The number of nitrogens with one attached hydrogen (secondary N) is 3. The predicted octanol–water partition coefficient (Wildman–Crippen LogP) is 2.53. The van der Waals surface area contributed by atoms with Crippen LogP contribution in [0.5, 0.6) is 0 Å². The normalized spacial score (nSPS) is 13.0. The van der Waals surface area contributed by atoms with Gasteiger partial charge in [0, 0.05) is 25.0 Å². The van der Waals surface area contributed by atoms with Crippen LogP contribution in [0.25, 0.3) is 0 Å². The number of hydrogen-bond donors (Lipinski definition) is 4. The maximum Gasteiger partial charge on any atom is 0.408 e. The minimum Gasteiger partial charge on any atom is -0.463 e. The summed E-state index contributed by atoms with van der Waals surface area (Å²) in [5.41, 5.74) is 6.86. The Labute approximate surface area is 246 Å². The highest BCUT2D eigenvalue weighted by molar-refractivity contribution is 5.92. The van der Waals surface area contributed by atoms with Crippen molar-refractivity contribution < 1.29 is 33.4 Å². The first kappa shape index (κ1) is 33.5. The summed E-state index contributed by atoms with van der Waals surface area (Å²) < 4.78 is 10.2. The first-order valence-corrected chi connectivity index (χ1v) is 13.8. The van der Waals surface area contributed by atoms with Gasteiger partial charge in [-0.15, -0.1) is 0 Å². The molecule has 0 radical (unpaired) electrons. The lowest BCUT2D eigenvalue weighted by atomic mass is 10.0. The summed E-state index contributed by atoms with van der Waals surface area (Å²) in [6.07, 6.45) is 2.05. The van der Waals surface area contributed by atoms with E-state index in [2.05, 4.69) is 16.0 Å². The zero-order valence-corrected chi connectivity index (χ0v) is 24.2. The van der Waals surface area contributed by atoms with Crippen molar-refractivity contribution in [3.8, 4) is 0 Å². The summed E-state index contributed by atoms with van der Waals surface area (Å²) in [4.78, 5) is 62.6. The maximum atomic E-state index is 13.5. The van der Waals surface area contributed by atoms with Crippen LogP contribution in [0.15, 0.2) is 72.8 Å². The van der Waals surface area contributed by atoms with Gasteiger partial charge in [-0.25, -0.2) is 9.59 Å². The SMILES string of the molecule is CCOC(=O)/C=C/[C@H](CCC(N)=O)NC(=O)[C@H](Cc1ccccc1)NC(=O)[C@@H](NC(=O)OCc1ccccc1)C(C)C. The van der Waals surface area contributed by atoms with Gasteiger partial charge in [-0.1, -0.05) is 80.6 Å². The highest BCUT2D eigenvalue weighted by Gasteiger charge is 2.30. The van der Waals surface area contributed by atoms with Crippen LogP contribution in [0.1, 0.15) is 44.7 Å². The third-order valence-electron chi connectivity index (χ3n) is 6.13. The van der Waals surface area contributed by atoms with E-state index in [4.69, 9.17) is 15.2 Å². The summed E-state index contributed by atoms with van der Waals surface area (Å²) in [7, 11) is 0. The van der Waals surface area contributed by atoms with Gasteiger partial charge in [-0.05, 0) is 30.4 Å². The number of esters is 1. The van der Waals surface area contributed by atoms with Crippen molar-refractivity contribution >= 4 is 29.8 Å². The zero-order chi connectivity index (χ0) is 30.9. The quantitative estimate of drug-likeness (QED) is 0.175. The van der Waals surface area contributed by atoms with Gasteiger partial charge in [0.25, 0.3) is 0 Å². The van der Waals surface area contributed by atoms with Crippen LogP contribution in [-0.4, -0.2) is 54.5 Å². The number of alkyl carbamates (subject to hydrolysis) is 1. The van der Waals surface area contributed by atoms with Crippen molar-refractivity contribution in [2.24, 2.45) is 11.7 Å². The molecule has 0 aromatic heterocycles. The van der Waals surface area contributed by atoms with Crippen molar-refractivity contribution in [2.75, 3.05) is 6.61 Å². The van der Waals surface area contributed by atoms with Gasteiger partial charge in [-0.2, -0.15) is 0 Å². The standard InChI is InChI=1S/C31H40N4O7/c1-4-41-27(37)18-16-24(15-17-26(32)36)33-29(38)25(19-22-11-7-5-8-12-22)34-30(39)28(21(2)3)35-31(40)42-20-23-13-9-6-10-14-23/h5-14,16,18,21,24-25,28H,4,15,17,19-20H2,1-3H3,(H2,32,36)(H,33,38)(H,34,39)(H,35,40)/b18-16+/t24-,25-,28-/m0/s1. The average Bonchev–Trinajstić information content (AvgIpc) is 2.96. The van der Waals surface area contributed by atoms with Crippen LogP contribution in [0.3, 0.4) is 0 Å². The molecule has 0 aliphatic heterocycles. The number of carbonyl (C=O) groups is 5. The molecule has 4 amide bonds. The van der Waals surface area contributed by atoms with Gasteiger partial charge in [0.05, 0.1) is 6.61 Å². The highest BCUT2D eigenvalue weighted by Crippen LogP contribution is 2.09. The molecule has 0 bridgehead atoms. The van der Waals surface area contributed by atoms with Crippen LogP contribution in [0, 0.1) is 5.92 Å². The number of nitrogens with two attached hydrogens (primary N) is 1. The van der Waals surface area contributed by atoms with E-state index in [0.29, 0.717) is 0 Å². The lowest BCUT2D eigenvalue weighted by molar-refractivity contribution is -0.137. The van der Waals surface area contributed by atoms with E-state index in [9.17, 15) is 24.0 Å². The molecule has 0 fully saturated rings. The molecule has 11 nitrogen and oxygen atoms in total. The molecule has 5 N–H and O–H groups in total. The fraction of sp³-hybridized carbons (Fsp3) is 0.387. The highest BCUT2D eigenvalue weighted by atomic mass is 16.5. The summed E-state index contributed by atoms with van der Waals surface area (Å²) in [5.74, 6) is -2.63. The summed E-state index contributed by atoms with van der Waals surface area (Å²) in [6, 6.07) is 15.4. The topological polar surface area (TPSA) is 166 Å². The van der Waals surface area contributed by atoms with Gasteiger partial charge in [0.15, 0.2) is 0 Å². The Hall–Kier alpha value is -4.67. The fourth-order valence-corrected chi connectivity index (χ4v) is 3.93. The van der Waals surface area contributed by atoms with E-state index in [1.807, 2.05) is 60.7 Å². The van der Waals surface area contributed by atoms with Gasteiger partial charge < -0.3 is 31.2 Å². The molecule has 226 valence electrons. The molecule has 0 saturated carbocycles. The molecule has 2 rings (SSSR count). The fourth-order valence-electron chi connectivity index (χ4n) is 3.93. The average molecular weight is 581 g/mol. The van der Waals surface area contributed by atoms with Gasteiger partial charge in [0.2, 0.25) is 17.7 Å². The molecule has 0 aliphatic rings. The lowest BCUT2D eigenvalue weighted by Crippen LogP contribution is -2.56. The number of primary amides is 1. The van der Waals surface area contributed by atoms with E-state index in [1.165, 1.54) is 12.2 Å². The molecule has 0 unspecified atom stereocenters. The molecule has 3 atom stereocenters. The smallest absolute Gasteiger partial charge is 0.408 e. The number of hydrogen-bond acceptors (Lipinski definition) is 7. The predicted molar refractivity (Wildman–Crippen MR) is 157 cm³/mol. The van der Waals surface area contributed by atoms with Gasteiger partial charge >= 0.3 is 12.1 Å². The van der Waals surface area contributed by atoms with E-state index in [-0.39, 0.29) is 38.4 Å². The molecular formula is C31H40N4O7. The molecule has 2 aromatic rings. The molecular weight excluding hydrogens is 540 g/mol. The third kappa shape index (κ3) is 12.7. The number of benzene rings is 2. The van der Waals surface area contributed by atoms with Crippen molar-refractivity contribution in [1.29, 1.82) is 0 Å². The Bertz CT molecular complexity index is 1200. The monoisotopic (exact) mass is 580 g/mol. The van der Waals surface area contributed by atoms with Gasteiger partial charge in [-0.3, -0.25) is 14.4 Å². The number of carbonyl (C=O) groups excluding carboxylic acids is 5. The zero-order valence-electron chi connectivity index (χ0n) is 24.2. The first-order valence-electron chi connectivity index (χ1n) is 13.8. The van der Waals surface area contributed by atoms with E-state index in [0.717, 1.165) is 11.1 Å². The van der Waals surface area contributed by atoms with Crippen molar-refractivity contribution in [3.63, 3.8) is 0 Å². The number of ether oxygens (including phenoxy) is 2. The minimum atomic E-state index is -1.05. The largest absolute Gasteiger partial charge is 0.463 e. The number of amides is 4. The first-order chi connectivity index (χ1) is 20.1.